The SMILES string of the molecule is c1ccc(-c2nc(-c3ccccc3)nc(-c3cc(-c4ccc5c(c4)nc(-c4ccccc4)c4ccc6ccccc6c45)cc(-c4ccc5ccccc5n4)c3)n2)cc1. The first-order chi connectivity index (χ1) is 28.7. The standard InChI is InChI=1S/C53H33N5/c1-4-16-36(17-5-1)50-45-28-24-34-14-10-12-22-43(34)49(45)44-27-25-39(33-48(44)55-50)40-30-41(47-29-26-35-15-11-13-23-46(35)54-47)32-42(31-40)53-57-51(37-18-6-2-7-19-37)56-52(58-53)38-20-8-3-9-21-38/h1-33H. The van der Waals surface area contributed by atoms with Gasteiger partial charge in [-0.1, -0.05) is 164 Å². The molecule has 58 heavy (non-hydrogen) atoms. The molecule has 3 heterocycles. The Morgan fingerprint density at radius 3 is 1.53 bits per heavy atom. The highest BCUT2D eigenvalue weighted by molar-refractivity contribution is 6.22. The minimum absolute atomic E-state index is 0.583. The first-order valence-electron chi connectivity index (χ1n) is 19.4. The van der Waals surface area contributed by atoms with E-state index < -0.39 is 0 Å². The van der Waals surface area contributed by atoms with E-state index in [0.29, 0.717) is 17.5 Å². The maximum Gasteiger partial charge on any atom is 0.164 e. The van der Waals surface area contributed by atoms with Gasteiger partial charge in [-0.3, -0.25) is 0 Å². The molecule has 5 nitrogen and oxygen atoms in total. The molecular formula is C53H33N5. The lowest BCUT2D eigenvalue weighted by Crippen LogP contribution is -2.00. The summed E-state index contributed by atoms with van der Waals surface area (Å²) in [6, 6.07) is 69.3. The molecule has 270 valence electrons. The Morgan fingerprint density at radius 2 is 0.810 bits per heavy atom. The molecule has 0 saturated heterocycles. The van der Waals surface area contributed by atoms with Gasteiger partial charge in [-0.2, -0.15) is 0 Å². The van der Waals surface area contributed by atoms with Gasteiger partial charge in [0.2, 0.25) is 0 Å². The fraction of sp³-hybridized carbons (Fsp3) is 0. The van der Waals surface area contributed by atoms with Crippen molar-refractivity contribution in [2.75, 3.05) is 0 Å². The van der Waals surface area contributed by atoms with E-state index in [0.717, 1.165) is 77.5 Å². The third-order valence-electron chi connectivity index (χ3n) is 10.8. The zero-order chi connectivity index (χ0) is 38.4. The molecule has 0 bridgehead atoms. The number of para-hydroxylation sites is 1. The van der Waals surface area contributed by atoms with Crippen LogP contribution in [0.25, 0.3) is 111 Å². The summed E-state index contributed by atoms with van der Waals surface area (Å²) < 4.78 is 0. The van der Waals surface area contributed by atoms with Gasteiger partial charge in [0.15, 0.2) is 17.5 Å². The molecule has 0 saturated carbocycles. The van der Waals surface area contributed by atoms with Gasteiger partial charge in [0.1, 0.15) is 0 Å². The Morgan fingerprint density at radius 1 is 0.259 bits per heavy atom. The highest BCUT2D eigenvalue weighted by Crippen LogP contribution is 2.40. The molecule has 0 radical (unpaired) electrons. The van der Waals surface area contributed by atoms with Crippen molar-refractivity contribution in [3.8, 4) is 67.8 Å². The van der Waals surface area contributed by atoms with E-state index >= 15 is 0 Å². The average Bonchev–Trinajstić information content (AvgIpc) is 3.31. The van der Waals surface area contributed by atoms with E-state index in [1.807, 2.05) is 78.9 Å². The van der Waals surface area contributed by atoms with E-state index in [1.165, 1.54) is 16.2 Å². The molecule has 11 aromatic rings. The third-order valence-corrected chi connectivity index (χ3v) is 10.8. The van der Waals surface area contributed by atoms with Crippen molar-refractivity contribution in [3.05, 3.63) is 200 Å². The first-order valence-corrected chi connectivity index (χ1v) is 19.4. The van der Waals surface area contributed by atoms with E-state index in [1.54, 1.807) is 0 Å². The lowest BCUT2D eigenvalue weighted by Gasteiger charge is -2.15. The van der Waals surface area contributed by atoms with Gasteiger partial charge in [0.25, 0.3) is 0 Å². The second-order valence-corrected chi connectivity index (χ2v) is 14.5. The molecule has 3 aromatic heterocycles. The molecule has 0 amide bonds. The number of benzene rings is 8. The maximum absolute atomic E-state index is 5.41. The molecule has 0 unspecified atom stereocenters. The number of nitrogens with zero attached hydrogens (tertiary/aromatic N) is 5. The van der Waals surface area contributed by atoms with Crippen molar-refractivity contribution in [1.82, 2.24) is 24.9 Å². The predicted octanol–water partition coefficient (Wildman–Crippen LogP) is 13.3. The van der Waals surface area contributed by atoms with Crippen molar-refractivity contribution in [2.24, 2.45) is 0 Å². The molecule has 8 aromatic carbocycles. The minimum Gasteiger partial charge on any atom is -0.248 e. The fourth-order valence-electron chi connectivity index (χ4n) is 8.01. The number of hydrogen-bond donors (Lipinski definition) is 0. The monoisotopic (exact) mass is 739 g/mol. The largest absolute Gasteiger partial charge is 0.248 e. The van der Waals surface area contributed by atoms with Crippen LogP contribution in [-0.4, -0.2) is 24.9 Å². The molecule has 0 spiro atoms. The molecule has 0 aliphatic rings. The first kappa shape index (κ1) is 33.4. The topological polar surface area (TPSA) is 64.5 Å². The van der Waals surface area contributed by atoms with Crippen LogP contribution in [0.15, 0.2) is 200 Å². The maximum atomic E-state index is 5.41. The predicted molar refractivity (Wildman–Crippen MR) is 238 cm³/mol. The van der Waals surface area contributed by atoms with Crippen LogP contribution >= 0.6 is 0 Å². The molecule has 11 rings (SSSR count). The highest BCUT2D eigenvalue weighted by Gasteiger charge is 2.18. The summed E-state index contributed by atoms with van der Waals surface area (Å²) in [6.07, 6.45) is 0. The fourth-order valence-corrected chi connectivity index (χ4v) is 8.01. The number of rotatable bonds is 6. The Kier molecular flexibility index (Phi) is 8.07. The summed E-state index contributed by atoms with van der Waals surface area (Å²) in [5.74, 6) is 1.81. The van der Waals surface area contributed by atoms with E-state index in [4.69, 9.17) is 24.9 Å². The van der Waals surface area contributed by atoms with Crippen LogP contribution < -0.4 is 0 Å². The molecule has 0 atom stereocenters. The van der Waals surface area contributed by atoms with Gasteiger partial charge >= 0.3 is 0 Å². The normalized spacial score (nSPS) is 11.4. The van der Waals surface area contributed by atoms with Crippen LogP contribution in [0.3, 0.4) is 0 Å². The van der Waals surface area contributed by atoms with Gasteiger partial charge in [0.05, 0.1) is 22.4 Å². The van der Waals surface area contributed by atoms with E-state index in [2.05, 4.69) is 121 Å². The molecule has 0 aliphatic carbocycles. The van der Waals surface area contributed by atoms with Crippen LogP contribution in [0.2, 0.25) is 0 Å². The van der Waals surface area contributed by atoms with E-state index in [9.17, 15) is 0 Å². The zero-order valence-electron chi connectivity index (χ0n) is 31.3. The van der Waals surface area contributed by atoms with Crippen molar-refractivity contribution >= 4 is 43.4 Å². The summed E-state index contributed by atoms with van der Waals surface area (Å²) in [5, 5.41) is 6.95. The summed E-state index contributed by atoms with van der Waals surface area (Å²) in [4.78, 5) is 25.8. The van der Waals surface area contributed by atoms with Gasteiger partial charge < -0.3 is 0 Å². The van der Waals surface area contributed by atoms with Crippen LogP contribution in [0.1, 0.15) is 0 Å². The van der Waals surface area contributed by atoms with Gasteiger partial charge in [0, 0.05) is 49.4 Å². The highest BCUT2D eigenvalue weighted by atomic mass is 15.0. The van der Waals surface area contributed by atoms with Gasteiger partial charge in [-0.25, -0.2) is 24.9 Å². The Bertz CT molecular complexity index is 3270. The van der Waals surface area contributed by atoms with Gasteiger partial charge in [-0.15, -0.1) is 0 Å². The smallest absolute Gasteiger partial charge is 0.164 e. The van der Waals surface area contributed by atoms with Crippen molar-refractivity contribution in [1.29, 1.82) is 0 Å². The number of fused-ring (bicyclic) bond motifs is 6. The lowest BCUT2D eigenvalue weighted by molar-refractivity contribution is 1.07. The van der Waals surface area contributed by atoms with Crippen molar-refractivity contribution < 1.29 is 0 Å². The van der Waals surface area contributed by atoms with Crippen LogP contribution in [0, 0.1) is 0 Å². The Balaban J connectivity index is 1.16. The number of aromatic nitrogens is 5. The number of hydrogen-bond acceptors (Lipinski definition) is 5. The summed E-state index contributed by atoms with van der Waals surface area (Å²) >= 11 is 0. The second kappa shape index (κ2) is 14.0. The van der Waals surface area contributed by atoms with Gasteiger partial charge in [-0.05, 0) is 58.3 Å². The van der Waals surface area contributed by atoms with Crippen LogP contribution in [0.4, 0.5) is 0 Å². The van der Waals surface area contributed by atoms with Crippen molar-refractivity contribution in [2.45, 2.75) is 0 Å². The Labute approximate surface area is 335 Å². The average molecular weight is 740 g/mol. The molecule has 5 heteroatoms. The molecule has 0 aliphatic heterocycles. The molecular weight excluding hydrogens is 707 g/mol. The Hall–Kier alpha value is -7.89. The molecule has 0 fully saturated rings. The quantitative estimate of drug-likeness (QED) is 0.159. The summed E-state index contributed by atoms with van der Waals surface area (Å²) in [6.45, 7) is 0. The number of pyridine rings is 2. The van der Waals surface area contributed by atoms with Crippen LogP contribution in [0.5, 0.6) is 0 Å². The zero-order valence-corrected chi connectivity index (χ0v) is 31.3. The van der Waals surface area contributed by atoms with Crippen molar-refractivity contribution in [3.63, 3.8) is 0 Å². The summed E-state index contributed by atoms with van der Waals surface area (Å²) in [7, 11) is 0. The molecule has 0 N–H and O–H groups in total. The second-order valence-electron chi connectivity index (χ2n) is 14.5. The lowest BCUT2D eigenvalue weighted by atomic mass is 9.93. The third kappa shape index (κ3) is 6.03. The minimum atomic E-state index is 0.583. The van der Waals surface area contributed by atoms with Crippen LogP contribution in [-0.2, 0) is 0 Å². The van der Waals surface area contributed by atoms with E-state index in [-0.39, 0.29) is 0 Å². The summed E-state index contributed by atoms with van der Waals surface area (Å²) in [5.41, 5.74) is 10.5.